The molecule has 2 nitrogen and oxygen atoms in total. The van der Waals surface area contributed by atoms with Crippen LogP contribution in [0.4, 0.5) is 0 Å². The Labute approximate surface area is 164 Å². The number of nitrogens with one attached hydrogen (secondary N) is 2. The Hall–Kier alpha value is -1.64. The van der Waals surface area contributed by atoms with Gasteiger partial charge in [0.15, 0.2) is 0 Å². The molecule has 0 amide bonds. The first-order valence-corrected chi connectivity index (χ1v) is 10.9. The average molecular weight is 363 g/mol. The van der Waals surface area contributed by atoms with E-state index >= 15 is 0 Å². The number of hydrogen-bond acceptors (Lipinski definition) is 2. The highest BCUT2D eigenvalue weighted by molar-refractivity contribution is 5.32. The van der Waals surface area contributed by atoms with Crippen LogP contribution in [0.3, 0.4) is 0 Å². The largest absolute Gasteiger partial charge is 0.315 e. The molecule has 2 aromatic rings. The fraction of sp³-hybridized carbons (Fsp3) is 0.520. The van der Waals surface area contributed by atoms with E-state index in [-0.39, 0.29) is 0 Å². The first-order chi connectivity index (χ1) is 13.4. The van der Waals surface area contributed by atoms with Gasteiger partial charge in [-0.05, 0) is 67.7 Å². The van der Waals surface area contributed by atoms with E-state index in [1.54, 1.807) is 0 Å². The third-order valence-electron chi connectivity index (χ3n) is 6.78. The summed E-state index contributed by atoms with van der Waals surface area (Å²) in [5.41, 5.74) is 2.83. The van der Waals surface area contributed by atoms with E-state index in [1.165, 1.54) is 43.4 Å². The molecule has 1 atom stereocenters. The second kappa shape index (κ2) is 9.52. The van der Waals surface area contributed by atoms with Crippen molar-refractivity contribution >= 4 is 0 Å². The Morgan fingerprint density at radius 1 is 0.741 bits per heavy atom. The Balaban J connectivity index is 1.17. The van der Waals surface area contributed by atoms with Crippen LogP contribution in [0.5, 0.6) is 0 Å². The van der Waals surface area contributed by atoms with Crippen LogP contribution in [0.1, 0.15) is 49.1 Å². The van der Waals surface area contributed by atoms with Crippen molar-refractivity contribution in [3.05, 3.63) is 71.8 Å². The number of rotatable bonds is 10. The molecule has 0 aromatic heterocycles. The lowest BCUT2D eigenvalue weighted by atomic mass is 9.60. The Morgan fingerprint density at radius 3 is 1.96 bits per heavy atom. The maximum Gasteiger partial charge on any atom is 0.0101 e. The second-order valence-corrected chi connectivity index (χ2v) is 8.55. The summed E-state index contributed by atoms with van der Waals surface area (Å²) >= 11 is 0. The highest BCUT2D eigenvalue weighted by Gasteiger charge is 2.39. The van der Waals surface area contributed by atoms with Gasteiger partial charge < -0.3 is 10.6 Å². The molecule has 2 bridgehead atoms. The lowest BCUT2D eigenvalue weighted by Gasteiger charge is -2.46. The molecule has 2 heteroatoms. The predicted octanol–water partition coefficient (Wildman–Crippen LogP) is 4.82. The van der Waals surface area contributed by atoms with Gasteiger partial charge in [-0.25, -0.2) is 0 Å². The number of benzene rings is 2. The van der Waals surface area contributed by atoms with E-state index in [0.29, 0.717) is 5.92 Å². The van der Waals surface area contributed by atoms with Gasteiger partial charge in [0, 0.05) is 19.0 Å². The highest BCUT2D eigenvalue weighted by atomic mass is 14.9. The summed E-state index contributed by atoms with van der Waals surface area (Å²) in [6.07, 6.45) is 7.13. The van der Waals surface area contributed by atoms with Crippen LogP contribution in [0.2, 0.25) is 0 Å². The van der Waals surface area contributed by atoms with Gasteiger partial charge in [-0.1, -0.05) is 67.1 Å². The standard InChI is InChI=1S/C25H34N2/c1-3-7-21(8-4-1)25(22-9-5-2-6-10-22)13-14-26-15-16-27-19-23-12-11-20-17-24(23)18-20/h1-10,20,23-27H,11-19H2/t20?,23-,24?/m0/s1. The van der Waals surface area contributed by atoms with Crippen molar-refractivity contribution in [3.63, 3.8) is 0 Å². The fourth-order valence-corrected chi connectivity index (χ4v) is 5.09. The van der Waals surface area contributed by atoms with Crippen molar-refractivity contribution in [2.24, 2.45) is 17.8 Å². The lowest BCUT2D eigenvalue weighted by Crippen LogP contribution is -2.42. The normalized spacial score (nSPS) is 24.0. The van der Waals surface area contributed by atoms with Gasteiger partial charge in [0.2, 0.25) is 0 Å². The molecule has 0 heterocycles. The van der Waals surface area contributed by atoms with Crippen LogP contribution < -0.4 is 10.6 Å². The number of fused-ring (bicyclic) bond motifs is 2. The van der Waals surface area contributed by atoms with Crippen molar-refractivity contribution < 1.29 is 0 Å². The first-order valence-electron chi connectivity index (χ1n) is 10.9. The molecule has 5 rings (SSSR count). The van der Waals surface area contributed by atoms with Crippen molar-refractivity contribution in [1.29, 1.82) is 0 Å². The summed E-state index contributed by atoms with van der Waals surface area (Å²) in [5, 5.41) is 7.35. The zero-order chi connectivity index (χ0) is 18.3. The minimum atomic E-state index is 0.474. The molecule has 0 radical (unpaired) electrons. The smallest absolute Gasteiger partial charge is 0.0101 e. The maximum atomic E-state index is 3.70. The fourth-order valence-electron chi connectivity index (χ4n) is 5.09. The SMILES string of the molecule is c1ccc(C(CCNCCNC[C@@H]2CCC3CC2C3)c2ccccc2)cc1. The molecule has 3 aliphatic carbocycles. The van der Waals surface area contributed by atoms with Crippen LogP contribution in [-0.4, -0.2) is 26.2 Å². The van der Waals surface area contributed by atoms with Crippen molar-refractivity contribution in [1.82, 2.24) is 10.6 Å². The molecule has 3 saturated carbocycles. The zero-order valence-electron chi connectivity index (χ0n) is 16.4. The van der Waals surface area contributed by atoms with Crippen molar-refractivity contribution in [3.8, 4) is 0 Å². The van der Waals surface area contributed by atoms with Crippen LogP contribution in [0.15, 0.2) is 60.7 Å². The van der Waals surface area contributed by atoms with E-state index in [0.717, 1.165) is 43.8 Å². The first kappa shape index (κ1) is 18.7. The molecular weight excluding hydrogens is 328 g/mol. The molecule has 27 heavy (non-hydrogen) atoms. The molecule has 2 N–H and O–H groups in total. The molecule has 144 valence electrons. The summed E-state index contributed by atoms with van der Waals surface area (Å²) in [6.45, 7) is 4.45. The molecule has 0 unspecified atom stereocenters. The predicted molar refractivity (Wildman–Crippen MR) is 114 cm³/mol. The topological polar surface area (TPSA) is 24.1 Å². The van der Waals surface area contributed by atoms with E-state index in [2.05, 4.69) is 71.3 Å². The molecule has 0 saturated heterocycles. The van der Waals surface area contributed by atoms with Crippen LogP contribution >= 0.6 is 0 Å². The van der Waals surface area contributed by atoms with Gasteiger partial charge in [-0.2, -0.15) is 0 Å². The molecule has 0 spiro atoms. The summed E-state index contributed by atoms with van der Waals surface area (Å²) in [4.78, 5) is 0. The van der Waals surface area contributed by atoms with Gasteiger partial charge >= 0.3 is 0 Å². The third kappa shape index (κ3) is 5.00. The molecule has 3 fully saturated rings. The van der Waals surface area contributed by atoms with Crippen LogP contribution in [0.25, 0.3) is 0 Å². The summed E-state index contributed by atoms with van der Waals surface area (Å²) in [7, 11) is 0. The Kier molecular flexibility index (Phi) is 6.60. The molecule has 0 aliphatic heterocycles. The third-order valence-corrected chi connectivity index (χ3v) is 6.78. The zero-order valence-corrected chi connectivity index (χ0v) is 16.4. The Morgan fingerprint density at radius 2 is 1.37 bits per heavy atom. The van der Waals surface area contributed by atoms with Crippen molar-refractivity contribution in [2.45, 2.75) is 38.0 Å². The highest BCUT2D eigenvalue weighted by Crippen LogP contribution is 2.48. The van der Waals surface area contributed by atoms with Gasteiger partial charge in [0.1, 0.15) is 0 Å². The van der Waals surface area contributed by atoms with Gasteiger partial charge in [0.25, 0.3) is 0 Å². The maximum absolute atomic E-state index is 3.70. The number of hydrogen-bond donors (Lipinski definition) is 2. The minimum absolute atomic E-state index is 0.474. The van der Waals surface area contributed by atoms with Gasteiger partial charge in [-0.3, -0.25) is 0 Å². The van der Waals surface area contributed by atoms with E-state index in [1.807, 2.05) is 0 Å². The quantitative estimate of drug-likeness (QED) is 0.592. The van der Waals surface area contributed by atoms with Crippen LogP contribution in [0, 0.1) is 17.8 Å². The second-order valence-electron chi connectivity index (χ2n) is 8.55. The summed E-state index contributed by atoms with van der Waals surface area (Å²) < 4.78 is 0. The lowest BCUT2D eigenvalue weighted by molar-refractivity contribution is 0.0501. The van der Waals surface area contributed by atoms with Gasteiger partial charge in [-0.15, -0.1) is 0 Å². The minimum Gasteiger partial charge on any atom is -0.315 e. The average Bonchev–Trinajstić information content (AvgIpc) is 2.71. The molecular formula is C25H34N2. The molecule has 3 aliphatic rings. The summed E-state index contributed by atoms with van der Waals surface area (Å²) in [5.74, 6) is 3.56. The van der Waals surface area contributed by atoms with E-state index < -0.39 is 0 Å². The van der Waals surface area contributed by atoms with Crippen molar-refractivity contribution in [2.75, 3.05) is 26.2 Å². The van der Waals surface area contributed by atoms with E-state index in [9.17, 15) is 0 Å². The molecule has 2 aromatic carbocycles. The van der Waals surface area contributed by atoms with E-state index in [4.69, 9.17) is 0 Å². The van der Waals surface area contributed by atoms with Crippen LogP contribution in [-0.2, 0) is 0 Å². The monoisotopic (exact) mass is 362 g/mol. The van der Waals surface area contributed by atoms with Gasteiger partial charge in [0.05, 0.1) is 0 Å². The summed E-state index contributed by atoms with van der Waals surface area (Å²) in [6, 6.07) is 21.8. The Bertz CT molecular complexity index is 621.